The number of likely N-dealkylation sites (N-methyl/N-ethyl adjacent to an activating group) is 1. The predicted molar refractivity (Wildman–Crippen MR) is 93.1 cm³/mol. The van der Waals surface area contributed by atoms with Crippen LogP contribution in [0.2, 0.25) is 0 Å². The molecule has 0 radical (unpaired) electrons. The summed E-state index contributed by atoms with van der Waals surface area (Å²) in [4.78, 5) is 13.8. The smallest absolute Gasteiger partial charge is 0.260 e. The quantitative estimate of drug-likeness (QED) is 0.778. The number of furan rings is 1. The second-order valence-corrected chi connectivity index (χ2v) is 5.46. The van der Waals surface area contributed by atoms with Gasteiger partial charge in [0.1, 0.15) is 11.5 Å². The number of carbonyl (C=O) groups is 1. The van der Waals surface area contributed by atoms with Gasteiger partial charge in [-0.1, -0.05) is 18.2 Å². The number of nitrogens with zero attached hydrogens (tertiary/aromatic N) is 1. The summed E-state index contributed by atoms with van der Waals surface area (Å²) in [6.45, 7) is 4.17. The highest BCUT2D eigenvalue weighted by Crippen LogP contribution is 2.28. The molecule has 1 aromatic heterocycles. The molecule has 0 fully saturated rings. The standard InChI is InChI=1S/C19H23NO4/c1-5-6-15-8-10-17(18(11-15)22-4)23-13-19(21)20(3)12-16-9-7-14(2)24-16/h5-11H,12-13H2,1-4H3. The Morgan fingerprint density at radius 1 is 1.25 bits per heavy atom. The van der Waals surface area contributed by atoms with E-state index in [1.54, 1.807) is 25.1 Å². The number of ether oxygens (including phenoxy) is 2. The molecule has 5 nitrogen and oxygen atoms in total. The average Bonchev–Trinajstić information content (AvgIpc) is 2.98. The third-order valence-corrected chi connectivity index (χ3v) is 3.51. The molecule has 0 aliphatic carbocycles. The van der Waals surface area contributed by atoms with Crippen LogP contribution in [0.3, 0.4) is 0 Å². The molecule has 0 atom stereocenters. The number of aryl methyl sites for hydroxylation is 1. The molecule has 5 heteroatoms. The maximum atomic E-state index is 12.2. The van der Waals surface area contributed by atoms with Crippen molar-refractivity contribution >= 4 is 12.0 Å². The SMILES string of the molecule is CC=Cc1ccc(OCC(=O)N(C)Cc2ccc(C)o2)c(OC)c1. The second-order valence-electron chi connectivity index (χ2n) is 5.46. The first-order chi connectivity index (χ1) is 11.5. The summed E-state index contributed by atoms with van der Waals surface area (Å²) in [5.74, 6) is 2.58. The Kier molecular flexibility index (Phi) is 6.07. The molecule has 128 valence electrons. The predicted octanol–water partition coefficient (Wildman–Crippen LogP) is 3.67. The van der Waals surface area contributed by atoms with Crippen LogP contribution in [-0.4, -0.2) is 31.6 Å². The second kappa shape index (κ2) is 8.24. The fourth-order valence-corrected chi connectivity index (χ4v) is 2.24. The van der Waals surface area contributed by atoms with E-state index in [0.29, 0.717) is 18.0 Å². The van der Waals surface area contributed by atoms with Gasteiger partial charge in [0.15, 0.2) is 18.1 Å². The monoisotopic (exact) mass is 329 g/mol. The fourth-order valence-electron chi connectivity index (χ4n) is 2.24. The van der Waals surface area contributed by atoms with E-state index in [9.17, 15) is 4.79 Å². The molecular weight excluding hydrogens is 306 g/mol. The molecule has 0 aliphatic heterocycles. The van der Waals surface area contributed by atoms with E-state index >= 15 is 0 Å². The van der Waals surface area contributed by atoms with Crippen LogP contribution in [-0.2, 0) is 11.3 Å². The minimum Gasteiger partial charge on any atom is -0.493 e. The third-order valence-electron chi connectivity index (χ3n) is 3.51. The molecule has 0 saturated carbocycles. The van der Waals surface area contributed by atoms with Crippen LogP contribution in [0.25, 0.3) is 6.08 Å². The first-order valence-corrected chi connectivity index (χ1v) is 7.76. The van der Waals surface area contributed by atoms with Crippen molar-refractivity contribution in [2.45, 2.75) is 20.4 Å². The van der Waals surface area contributed by atoms with Gasteiger partial charge in [-0.3, -0.25) is 4.79 Å². The van der Waals surface area contributed by atoms with Crippen LogP contribution in [0.1, 0.15) is 24.0 Å². The molecule has 1 aromatic carbocycles. The summed E-state index contributed by atoms with van der Waals surface area (Å²) < 4.78 is 16.4. The average molecular weight is 329 g/mol. The maximum Gasteiger partial charge on any atom is 0.260 e. The van der Waals surface area contributed by atoms with Gasteiger partial charge in [-0.25, -0.2) is 0 Å². The zero-order valence-electron chi connectivity index (χ0n) is 14.5. The number of methoxy groups -OCH3 is 1. The number of hydrogen-bond donors (Lipinski definition) is 0. The van der Waals surface area contributed by atoms with Crippen LogP contribution in [0.5, 0.6) is 11.5 Å². The van der Waals surface area contributed by atoms with Crippen LogP contribution in [0.15, 0.2) is 40.8 Å². The lowest BCUT2D eigenvalue weighted by Crippen LogP contribution is -2.30. The van der Waals surface area contributed by atoms with Gasteiger partial charge in [0.25, 0.3) is 5.91 Å². The van der Waals surface area contributed by atoms with Gasteiger partial charge in [-0.05, 0) is 43.7 Å². The van der Waals surface area contributed by atoms with E-state index in [0.717, 1.165) is 17.1 Å². The molecule has 0 saturated heterocycles. The number of allylic oxidation sites excluding steroid dienone is 1. The summed E-state index contributed by atoms with van der Waals surface area (Å²) in [6.07, 6.45) is 3.92. The van der Waals surface area contributed by atoms with Gasteiger partial charge in [-0.15, -0.1) is 0 Å². The van der Waals surface area contributed by atoms with Crippen molar-refractivity contribution in [3.05, 3.63) is 53.5 Å². The molecule has 0 aliphatic rings. The molecule has 2 rings (SSSR count). The Balaban J connectivity index is 1.95. The zero-order valence-corrected chi connectivity index (χ0v) is 14.5. The minimum atomic E-state index is -0.136. The van der Waals surface area contributed by atoms with E-state index < -0.39 is 0 Å². The molecule has 2 aromatic rings. The molecule has 1 amide bonds. The fraction of sp³-hybridized carbons (Fsp3) is 0.316. The maximum absolute atomic E-state index is 12.2. The summed E-state index contributed by atoms with van der Waals surface area (Å²) in [6, 6.07) is 9.33. The zero-order chi connectivity index (χ0) is 17.5. The van der Waals surface area contributed by atoms with Gasteiger partial charge in [-0.2, -0.15) is 0 Å². The van der Waals surface area contributed by atoms with Crippen molar-refractivity contribution in [1.82, 2.24) is 4.90 Å². The van der Waals surface area contributed by atoms with Crippen molar-refractivity contribution in [3.8, 4) is 11.5 Å². The van der Waals surface area contributed by atoms with Gasteiger partial charge in [0, 0.05) is 7.05 Å². The summed E-state index contributed by atoms with van der Waals surface area (Å²) in [5, 5.41) is 0. The van der Waals surface area contributed by atoms with Gasteiger partial charge >= 0.3 is 0 Å². The summed E-state index contributed by atoms with van der Waals surface area (Å²) >= 11 is 0. The van der Waals surface area contributed by atoms with Crippen molar-refractivity contribution in [2.75, 3.05) is 20.8 Å². The minimum absolute atomic E-state index is 0.0600. The highest BCUT2D eigenvalue weighted by Gasteiger charge is 2.13. The lowest BCUT2D eigenvalue weighted by atomic mass is 10.2. The number of rotatable bonds is 7. The summed E-state index contributed by atoms with van der Waals surface area (Å²) in [7, 11) is 3.30. The highest BCUT2D eigenvalue weighted by atomic mass is 16.5. The first kappa shape index (κ1) is 17.7. The van der Waals surface area contributed by atoms with Crippen molar-refractivity contribution in [2.24, 2.45) is 0 Å². The highest BCUT2D eigenvalue weighted by molar-refractivity contribution is 5.77. The summed E-state index contributed by atoms with van der Waals surface area (Å²) in [5.41, 5.74) is 1.01. The molecule has 0 spiro atoms. The third kappa shape index (κ3) is 4.65. The Hall–Kier alpha value is -2.69. The lowest BCUT2D eigenvalue weighted by molar-refractivity contribution is -0.132. The molecule has 0 N–H and O–H groups in total. The Morgan fingerprint density at radius 2 is 2.04 bits per heavy atom. The largest absolute Gasteiger partial charge is 0.493 e. The molecule has 0 unspecified atom stereocenters. The van der Waals surface area contributed by atoms with Crippen LogP contribution >= 0.6 is 0 Å². The van der Waals surface area contributed by atoms with Crippen LogP contribution < -0.4 is 9.47 Å². The topological polar surface area (TPSA) is 51.9 Å². The van der Waals surface area contributed by atoms with E-state index in [1.165, 1.54) is 0 Å². The Morgan fingerprint density at radius 3 is 2.67 bits per heavy atom. The number of benzene rings is 1. The van der Waals surface area contributed by atoms with E-state index in [-0.39, 0.29) is 12.5 Å². The van der Waals surface area contributed by atoms with Crippen LogP contribution in [0.4, 0.5) is 0 Å². The molecule has 1 heterocycles. The number of amides is 1. The van der Waals surface area contributed by atoms with E-state index in [1.807, 2.05) is 50.3 Å². The van der Waals surface area contributed by atoms with E-state index in [2.05, 4.69) is 0 Å². The molecular formula is C19H23NO4. The lowest BCUT2D eigenvalue weighted by Gasteiger charge is -2.17. The van der Waals surface area contributed by atoms with Crippen molar-refractivity contribution in [3.63, 3.8) is 0 Å². The Bertz CT molecular complexity index is 718. The number of hydrogen-bond acceptors (Lipinski definition) is 4. The molecule has 24 heavy (non-hydrogen) atoms. The van der Waals surface area contributed by atoms with Gasteiger partial charge in [0.2, 0.25) is 0 Å². The normalized spacial score (nSPS) is 10.8. The number of carbonyl (C=O) groups excluding carboxylic acids is 1. The van der Waals surface area contributed by atoms with Crippen molar-refractivity contribution < 1.29 is 18.7 Å². The Labute approximate surface area is 142 Å². The first-order valence-electron chi connectivity index (χ1n) is 7.76. The van der Waals surface area contributed by atoms with Crippen molar-refractivity contribution in [1.29, 1.82) is 0 Å². The van der Waals surface area contributed by atoms with E-state index in [4.69, 9.17) is 13.9 Å². The van der Waals surface area contributed by atoms with Gasteiger partial charge in [0.05, 0.1) is 13.7 Å². The molecule has 0 bridgehead atoms. The van der Waals surface area contributed by atoms with Gasteiger partial charge < -0.3 is 18.8 Å². The van der Waals surface area contributed by atoms with Crippen LogP contribution in [0, 0.1) is 6.92 Å².